The van der Waals surface area contributed by atoms with Crippen molar-refractivity contribution in [2.24, 2.45) is 0 Å². The van der Waals surface area contributed by atoms with E-state index in [1.165, 1.54) is 18.2 Å². The number of phenolic OH excluding ortho intramolecular Hbond substituents is 1. The number of rotatable bonds is 2. The number of benzene rings is 1. The number of nitrogens with one attached hydrogen (secondary N) is 1. The summed E-state index contributed by atoms with van der Waals surface area (Å²) < 4.78 is 20.8. The predicted molar refractivity (Wildman–Crippen MR) is 117 cm³/mol. The first kappa shape index (κ1) is 21.2. The molecule has 2 saturated heterocycles. The van der Waals surface area contributed by atoms with Crippen LogP contribution in [0.4, 0.5) is 10.2 Å². The van der Waals surface area contributed by atoms with Gasteiger partial charge in [0.15, 0.2) is 5.75 Å². The minimum absolute atomic E-state index is 0.00426. The number of piperazine rings is 1. The Bertz CT molecular complexity index is 1060. The number of carbonyl (C=O) groups is 1. The first-order chi connectivity index (χ1) is 15.4. The Morgan fingerprint density at radius 3 is 2.84 bits per heavy atom. The number of hydrogen-bond donors (Lipinski definition) is 3. The zero-order valence-corrected chi connectivity index (χ0v) is 18.3. The van der Waals surface area contributed by atoms with Gasteiger partial charge in [0.05, 0.1) is 17.7 Å². The summed E-state index contributed by atoms with van der Waals surface area (Å²) in [6.07, 6.45) is -0.0813. The van der Waals surface area contributed by atoms with E-state index >= 15 is 0 Å². The predicted octanol–water partition coefficient (Wildman–Crippen LogP) is 2.01. The summed E-state index contributed by atoms with van der Waals surface area (Å²) in [6.45, 7) is 4.17. The van der Waals surface area contributed by atoms with E-state index in [1.807, 2.05) is 11.8 Å². The average molecular weight is 463 g/mol. The van der Waals surface area contributed by atoms with Gasteiger partial charge in [-0.25, -0.2) is 9.37 Å². The molecule has 0 spiro atoms. The van der Waals surface area contributed by atoms with Gasteiger partial charge in [-0.2, -0.15) is 0 Å². The molecular formula is C22H24ClFN4O4. The van der Waals surface area contributed by atoms with E-state index in [9.17, 15) is 19.4 Å². The highest BCUT2D eigenvalue weighted by molar-refractivity contribution is 6.35. The van der Waals surface area contributed by atoms with Gasteiger partial charge < -0.3 is 30.1 Å². The number of ether oxygens (including phenoxy) is 1. The Morgan fingerprint density at radius 1 is 1.31 bits per heavy atom. The maximum absolute atomic E-state index is 14.8. The Hall–Kier alpha value is -2.62. The average Bonchev–Trinajstić information content (AvgIpc) is 3.02. The van der Waals surface area contributed by atoms with Crippen LogP contribution in [0.2, 0.25) is 5.02 Å². The molecule has 0 aliphatic carbocycles. The van der Waals surface area contributed by atoms with Crippen LogP contribution in [-0.4, -0.2) is 77.0 Å². The maximum atomic E-state index is 14.8. The molecule has 1 aromatic carbocycles. The lowest BCUT2D eigenvalue weighted by Crippen LogP contribution is -2.55. The molecule has 1 aromatic heterocycles. The second-order valence-electron chi connectivity index (χ2n) is 8.49. The van der Waals surface area contributed by atoms with Crippen molar-refractivity contribution in [2.45, 2.75) is 31.5 Å². The van der Waals surface area contributed by atoms with E-state index in [1.54, 1.807) is 4.90 Å². The van der Waals surface area contributed by atoms with Crippen molar-refractivity contribution >= 4 is 23.3 Å². The SMILES string of the molecule is C[C@H]1C[C@@H](O)CN1c1nc(-c2c(O)cccc2F)c(Cl)c2c1C(=O)N1CCNC[C@@H]1CO2. The molecule has 2 aromatic rings. The lowest BCUT2D eigenvalue weighted by molar-refractivity contribution is 0.0606. The second kappa shape index (κ2) is 8.06. The van der Waals surface area contributed by atoms with Crippen molar-refractivity contribution in [1.29, 1.82) is 0 Å². The topological polar surface area (TPSA) is 98.2 Å². The number of nitrogens with zero attached hydrogens (tertiary/aromatic N) is 3. The molecule has 0 unspecified atom stereocenters. The van der Waals surface area contributed by atoms with Crippen molar-refractivity contribution in [1.82, 2.24) is 15.2 Å². The monoisotopic (exact) mass is 462 g/mol. The summed E-state index contributed by atoms with van der Waals surface area (Å²) >= 11 is 6.66. The molecule has 1 amide bonds. The molecule has 4 heterocycles. The molecule has 10 heteroatoms. The Labute approximate surface area is 189 Å². The van der Waals surface area contributed by atoms with E-state index in [2.05, 4.69) is 10.3 Å². The van der Waals surface area contributed by atoms with Gasteiger partial charge in [0.1, 0.15) is 40.3 Å². The van der Waals surface area contributed by atoms with Crippen molar-refractivity contribution in [3.05, 3.63) is 34.6 Å². The summed E-state index contributed by atoms with van der Waals surface area (Å²) in [6, 6.07) is 3.65. The molecule has 3 aliphatic heterocycles. The van der Waals surface area contributed by atoms with Gasteiger partial charge in [-0.3, -0.25) is 4.79 Å². The third-order valence-corrected chi connectivity index (χ3v) is 6.72. The van der Waals surface area contributed by atoms with Gasteiger partial charge in [-0.05, 0) is 25.5 Å². The number of aliphatic hydroxyl groups is 1. The summed E-state index contributed by atoms with van der Waals surface area (Å²) in [7, 11) is 0. The van der Waals surface area contributed by atoms with Crippen LogP contribution in [0.25, 0.3) is 11.3 Å². The van der Waals surface area contributed by atoms with E-state index in [0.717, 1.165) is 0 Å². The number of phenols is 1. The van der Waals surface area contributed by atoms with Crippen molar-refractivity contribution in [3.8, 4) is 22.8 Å². The summed E-state index contributed by atoms with van der Waals surface area (Å²) in [5, 5.41) is 23.9. The van der Waals surface area contributed by atoms with Crippen LogP contribution >= 0.6 is 11.6 Å². The van der Waals surface area contributed by atoms with E-state index < -0.39 is 11.9 Å². The minimum Gasteiger partial charge on any atom is -0.507 e. The highest BCUT2D eigenvalue weighted by Crippen LogP contribution is 2.46. The fraction of sp³-hybridized carbons (Fsp3) is 0.455. The van der Waals surface area contributed by atoms with Crippen molar-refractivity contribution in [3.63, 3.8) is 0 Å². The molecule has 2 fully saturated rings. The van der Waals surface area contributed by atoms with Crippen LogP contribution in [0.5, 0.6) is 11.5 Å². The number of aromatic nitrogens is 1. The fourth-order valence-corrected chi connectivity index (χ4v) is 5.06. The molecule has 32 heavy (non-hydrogen) atoms. The largest absolute Gasteiger partial charge is 0.507 e. The zero-order chi connectivity index (χ0) is 22.6. The number of fused-ring (bicyclic) bond motifs is 2. The minimum atomic E-state index is -0.693. The van der Waals surface area contributed by atoms with Crippen molar-refractivity contribution < 1.29 is 24.1 Å². The number of pyridine rings is 1. The number of anilines is 1. The number of amides is 1. The molecular weight excluding hydrogens is 439 g/mol. The number of aromatic hydroxyl groups is 1. The number of halogens is 2. The van der Waals surface area contributed by atoms with Gasteiger partial charge in [0.25, 0.3) is 5.91 Å². The van der Waals surface area contributed by atoms with Crippen LogP contribution in [0.1, 0.15) is 23.7 Å². The van der Waals surface area contributed by atoms with Crippen LogP contribution in [0.3, 0.4) is 0 Å². The third kappa shape index (κ3) is 3.35. The third-order valence-electron chi connectivity index (χ3n) is 6.37. The van der Waals surface area contributed by atoms with Gasteiger partial charge in [-0.15, -0.1) is 0 Å². The normalized spacial score (nSPS) is 25.2. The highest BCUT2D eigenvalue weighted by atomic mass is 35.5. The molecule has 3 atom stereocenters. The van der Waals surface area contributed by atoms with Crippen molar-refractivity contribution in [2.75, 3.05) is 37.7 Å². The summed E-state index contributed by atoms with van der Waals surface area (Å²) in [4.78, 5) is 21.9. The molecule has 5 rings (SSSR count). The molecule has 170 valence electrons. The number of hydrogen-bond acceptors (Lipinski definition) is 7. The lowest BCUT2D eigenvalue weighted by Gasteiger charge is -2.34. The maximum Gasteiger partial charge on any atom is 0.261 e. The first-order valence-corrected chi connectivity index (χ1v) is 11.0. The molecule has 0 saturated carbocycles. The van der Waals surface area contributed by atoms with Gasteiger partial charge >= 0.3 is 0 Å². The van der Waals surface area contributed by atoms with Crippen LogP contribution in [-0.2, 0) is 0 Å². The summed E-state index contributed by atoms with van der Waals surface area (Å²) in [5.41, 5.74) is 0.0453. The molecule has 0 radical (unpaired) electrons. The standard InChI is InChI=1S/C22H24ClFN4O4/c1-11-7-13(29)9-28(11)21-17-20(32-10-12-8-25-5-6-27(12)22(17)31)18(23)19(26-21)16-14(24)3-2-4-15(16)30/h2-4,11-13,25,29-30H,5-10H2,1H3/t11-,12+,13+/m0/s1. The Balaban J connectivity index is 1.76. The van der Waals surface area contributed by atoms with Crippen LogP contribution in [0, 0.1) is 5.82 Å². The molecule has 8 nitrogen and oxygen atoms in total. The Morgan fingerprint density at radius 2 is 2.12 bits per heavy atom. The molecule has 0 bridgehead atoms. The van der Waals surface area contributed by atoms with Gasteiger partial charge in [0.2, 0.25) is 0 Å². The summed E-state index contributed by atoms with van der Waals surface area (Å²) in [5.74, 6) is -0.869. The number of β-amino-alcohol motifs (C(OH)–C–C–N with tert-alkyl or cyclic N) is 1. The van der Waals surface area contributed by atoms with E-state index in [4.69, 9.17) is 16.3 Å². The quantitative estimate of drug-likeness (QED) is 0.628. The molecule has 3 N–H and O–H groups in total. The smallest absolute Gasteiger partial charge is 0.261 e. The molecule has 3 aliphatic rings. The Kier molecular flexibility index (Phi) is 5.35. The lowest BCUT2D eigenvalue weighted by atomic mass is 10.1. The van der Waals surface area contributed by atoms with Crippen LogP contribution in [0.15, 0.2) is 18.2 Å². The van der Waals surface area contributed by atoms with Crippen LogP contribution < -0.4 is 15.0 Å². The number of aliphatic hydroxyl groups excluding tert-OH is 1. The van der Waals surface area contributed by atoms with E-state index in [0.29, 0.717) is 26.1 Å². The zero-order valence-electron chi connectivity index (χ0n) is 17.5. The fourth-order valence-electron chi connectivity index (χ4n) is 4.78. The van der Waals surface area contributed by atoms with Gasteiger partial charge in [-0.1, -0.05) is 17.7 Å². The number of carbonyl (C=O) groups excluding carboxylic acids is 1. The van der Waals surface area contributed by atoms with Gasteiger partial charge in [0, 0.05) is 32.2 Å². The first-order valence-electron chi connectivity index (χ1n) is 10.7. The highest BCUT2D eigenvalue weighted by Gasteiger charge is 2.41. The van der Waals surface area contributed by atoms with E-state index in [-0.39, 0.29) is 70.3 Å². The second-order valence-corrected chi connectivity index (χ2v) is 8.87.